The number of rotatable bonds is 5. The third-order valence-electron chi connectivity index (χ3n) is 7.22. The number of ether oxygens (including phenoxy) is 1. The molecule has 1 N–H and O–H groups in total. The van der Waals surface area contributed by atoms with Crippen LogP contribution in [0.4, 0.5) is 5.69 Å². The number of nitrogens with one attached hydrogen (secondary N) is 1. The molecule has 0 saturated carbocycles. The number of carbonyl (C=O) groups is 2. The van der Waals surface area contributed by atoms with Gasteiger partial charge in [0.1, 0.15) is 11.3 Å². The Balaban J connectivity index is 1.29. The number of benzene rings is 3. The van der Waals surface area contributed by atoms with Crippen LogP contribution in [-0.2, 0) is 17.6 Å². The summed E-state index contributed by atoms with van der Waals surface area (Å²) in [5.41, 5.74) is 3.48. The molecule has 2 aliphatic rings. The van der Waals surface area contributed by atoms with E-state index in [0.29, 0.717) is 29.8 Å². The van der Waals surface area contributed by atoms with Crippen molar-refractivity contribution in [1.82, 2.24) is 9.88 Å². The minimum absolute atomic E-state index is 0.0140. The molecule has 3 heterocycles. The number of hydrogen-bond donors (Lipinski definition) is 1. The van der Waals surface area contributed by atoms with Crippen LogP contribution in [-0.4, -0.2) is 35.6 Å². The first-order valence-corrected chi connectivity index (χ1v) is 12.6. The standard InChI is InChI=1S/C30H27N3O4/c1-19-16-21-10-7-11-22-27(21)32(19)17-23(28(22)34)30(36)33-18-26(37-25-13-6-5-12-24(25)33)29(35)31-15-14-20-8-3-2-4-9-20/h2-13,17,19,26H,14-16,18H2,1H3,(H,31,35)/t19-,26+/m1/s1. The molecule has 6 rings (SSSR count). The maximum Gasteiger partial charge on any atom is 0.264 e. The van der Waals surface area contributed by atoms with Crippen LogP contribution in [0, 0.1) is 0 Å². The fraction of sp³-hybridized carbons (Fsp3) is 0.233. The predicted octanol–water partition coefficient (Wildman–Crippen LogP) is 3.89. The first-order valence-electron chi connectivity index (χ1n) is 12.6. The number of carbonyl (C=O) groups excluding carboxylic acids is 2. The Morgan fingerprint density at radius 2 is 1.78 bits per heavy atom. The Hall–Kier alpha value is -4.39. The maximum atomic E-state index is 13.9. The number of aromatic nitrogens is 1. The van der Waals surface area contributed by atoms with Gasteiger partial charge in [0.2, 0.25) is 5.43 Å². The van der Waals surface area contributed by atoms with Crippen molar-refractivity contribution in [2.24, 2.45) is 0 Å². The van der Waals surface area contributed by atoms with Crippen LogP contribution in [0.3, 0.4) is 0 Å². The topological polar surface area (TPSA) is 80.6 Å². The lowest BCUT2D eigenvalue weighted by molar-refractivity contribution is -0.127. The third-order valence-corrected chi connectivity index (χ3v) is 7.22. The van der Waals surface area contributed by atoms with Crippen molar-refractivity contribution in [3.8, 4) is 5.75 Å². The molecule has 2 aliphatic heterocycles. The molecule has 2 atom stereocenters. The molecular formula is C30H27N3O4. The van der Waals surface area contributed by atoms with Gasteiger partial charge in [0.25, 0.3) is 11.8 Å². The van der Waals surface area contributed by atoms with E-state index in [9.17, 15) is 14.4 Å². The van der Waals surface area contributed by atoms with Crippen LogP contribution in [0.25, 0.3) is 10.9 Å². The van der Waals surface area contributed by atoms with Crippen molar-refractivity contribution < 1.29 is 14.3 Å². The molecule has 7 heteroatoms. The van der Waals surface area contributed by atoms with Gasteiger partial charge in [-0.3, -0.25) is 14.4 Å². The highest BCUT2D eigenvalue weighted by molar-refractivity contribution is 6.09. The number of amides is 2. The Kier molecular flexibility index (Phi) is 5.75. The summed E-state index contributed by atoms with van der Waals surface area (Å²) in [6, 6.07) is 22.8. The van der Waals surface area contributed by atoms with E-state index in [2.05, 4.69) is 12.2 Å². The van der Waals surface area contributed by atoms with Crippen molar-refractivity contribution in [2.45, 2.75) is 31.9 Å². The lowest BCUT2D eigenvalue weighted by atomic mass is 10.1. The van der Waals surface area contributed by atoms with Crippen LogP contribution >= 0.6 is 0 Å². The third kappa shape index (κ3) is 4.06. The smallest absolute Gasteiger partial charge is 0.264 e. The minimum atomic E-state index is -0.890. The van der Waals surface area contributed by atoms with Gasteiger partial charge in [-0.15, -0.1) is 0 Å². The SMILES string of the molecule is C[C@@H]1Cc2cccc3c(=O)c(C(=O)N4C[C@@H](C(=O)NCCc5ccccc5)Oc5ccccc54)cn1c23. The molecule has 7 nitrogen and oxygen atoms in total. The zero-order valence-electron chi connectivity index (χ0n) is 20.5. The number of nitrogens with zero attached hydrogens (tertiary/aromatic N) is 2. The Labute approximate surface area is 214 Å². The molecule has 0 bridgehead atoms. The van der Waals surface area contributed by atoms with Crippen LogP contribution in [0.1, 0.15) is 34.5 Å². The summed E-state index contributed by atoms with van der Waals surface area (Å²) in [6.45, 7) is 2.55. The number of hydrogen-bond acceptors (Lipinski definition) is 4. The van der Waals surface area contributed by atoms with Crippen LogP contribution in [0.2, 0.25) is 0 Å². The highest BCUT2D eigenvalue weighted by Gasteiger charge is 2.36. The van der Waals surface area contributed by atoms with Gasteiger partial charge in [-0.2, -0.15) is 0 Å². The summed E-state index contributed by atoms with van der Waals surface area (Å²) in [7, 11) is 0. The van der Waals surface area contributed by atoms with Crippen molar-refractivity contribution in [2.75, 3.05) is 18.0 Å². The second-order valence-electron chi connectivity index (χ2n) is 9.66. The molecule has 0 radical (unpaired) electrons. The van der Waals surface area contributed by atoms with E-state index < -0.39 is 12.0 Å². The summed E-state index contributed by atoms with van der Waals surface area (Å²) in [5.74, 6) is -0.292. The van der Waals surface area contributed by atoms with Crippen LogP contribution in [0.5, 0.6) is 5.75 Å². The zero-order valence-corrected chi connectivity index (χ0v) is 20.5. The molecule has 3 aromatic carbocycles. The second kappa shape index (κ2) is 9.24. The highest BCUT2D eigenvalue weighted by atomic mass is 16.5. The van der Waals surface area contributed by atoms with Gasteiger partial charge >= 0.3 is 0 Å². The fourth-order valence-electron chi connectivity index (χ4n) is 5.37. The molecule has 186 valence electrons. The average Bonchev–Trinajstić information content (AvgIpc) is 3.25. The van der Waals surface area contributed by atoms with Crippen molar-refractivity contribution >= 4 is 28.4 Å². The number of pyridine rings is 1. The monoisotopic (exact) mass is 493 g/mol. The number of anilines is 1. The van der Waals surface area contributed by atoms with Gasteiger partial charge in [0.05, 0.1) is 17.7 Å². The minimum Gasteiger partial charge on any atom is -0.477 e. The van der Waals surface area contributed by atoms with Crippen molar-refractivity contribution in [3.05, 3.63) is 106 Å². The van der Waals surface area contributed by atoms with Gasteiger partial charge in [-0.1, -0.05) is 54.6 Å². The Morgan fingerprint density at radius 3 is 2.62 bits per heavy atom. The molecule has 1 aromatic heterocycles. The van der Waals surface area contributed by atoms with Gasteiger partial charge in [0, 0.05) is 24.2 Å². The largest absolute Gasteiger partial charge is 0.477 e. The summed E-state index contributed by atoms with van der Waals surface area (Å²) < 4.78 is 8.02. The molecule has 0 spiro atoms. The normalized spacial score (nSPS) is 17.8. The van der Waals surface area contributed by atoms with E-state index in [4.69, 9.17) is 4.74 Å². The molecule has 0 unspecified atom stereocenters. The Morgan fingerprint density at radius 1 is 1.00 bits per heavy atom. The molecule has 2 amide bonds. The van der Waals surface area contributed by atoms with Crippen LogP contribution in [0.15, 0.2) is 83.8 Å². The molecular weight excluding hydrogens is 466 g/mol. The van der Waals surface area contributed by atoms with Gasteiger partial charge < -0.3 is 19.5 Å². The van der Waals surface area contributed by atoms with Gasteiger partial charge in [0.15, 0.2) is 6.10 Å². The molecule has 37 heavy (non-hydrogen) atoms. The first kappa shape index (κ1) is 23.0. The Bertz CT molecular complexity index is 1580. The van der Waals surface area contributed by atoms with Crippen molar-refractivity contribution in [3.63, 3.8) is 0 Å². The number of fused-ring (bicyclic) bond motifs is 1. The summed E-state index contributed by atoms with van der Waals surface area (Å²) >= 11 is 0. The summed E-state index contributed by atoms with van der Waals surface area (Å²) in [4.78, 5) is 41.9. The van der Waals surface area contributed by atoms with E-state index in [1.54, 1.807) is 30.5 Å². The van der Waals surface area contributed by atoms with Crippen molar-refractivity contribution in [1.29, 1.82) is 0 Å². The number of para-hydroxylation sites is 3. The first-order chi connectivity index (χ1) is 18.0. The second-order valence-corrected chi connectivity index (χ2v) is 9.66. The van der Waals surface area contributed by atoms with E-state index in [-0.39, 0.29) is 29.5 Å². The van der Waals surface area contributed by atoms with Gasteiger partial charge in [-0.25, -0.2) is 0 Å². The molecule has 0 saturated heterocycles. The quantitative estimate of drug-likeness (QED) is 0.458. The molecule has 0 fully saturated rings. The molecule has 4 aromatic rings. The van der Waals surface area contributed by atoms with E-state index in [1.807, 2.05) is 53.1 Å². The average molecular weight is 494 g/mol. The summed E-state index contributed by atoms with van der Waals surface area (Å²) in [5, 5.41) is 3.48. The predicted molar refractivity (Wildman–Crippen MR) is 142 cm³/mol. The van der Waals surface area contributed by atoms with Crippen LogP contribution < -0.4 is 20.4 Å². The lowest BCUT2D eigenvalue weighted by Gasteiger charge is -2.34. The highest BCUT2D eigenvalue weighted by Crippen LogP contribution is 2.35. The van der Waals surface area contributed by atoms with Gasteiger partial charge in [-0.05, 0) is 49.1 Å². The van der Waals surface area contributed by atoms with E-state index in [0.717, 1.165) is 23.1 Å². The lowest BCUT2D eigenvalue weighted by Crippen LogP contribution is -2.51. The summed E-state index contributed by atoms with van der Waals surface area (Å²) in [6.07, 6.45) is 2.30. The van der Waals surface area contributed by atoms with E-state index >= 15 is 0 Å². The zero-order chi connectivity index (χ0) is 25.5. The van der Waals surface area contributed by atoms with E-state index in [1.165, 1.54) is 4.90 Å². The fourth-order valence-corrected chi connectivity index (χ4v) is 5.37. The molecule has 0 aliphatic carbocycles. The maximum absolute atomic E-state index is 13.9.